The van der Waals surface area contributed by atoms with E-state index in [1.54, 1.807) is 6.07 Å². The SMILES string of the molecule is Cc1ccc(Br)cc1S(=O)(=O)NC1C2CNCC21. The Morgan fingerprint density at radius 2 is 2.00 bits per heavy atom. The smallest absolute Gasteiger partial charge is 0.241 e. The second-order valence-electron chi connectivity index (χ2n) is 5.04. The Morgan fingerprint density at radius 1 is 1.33 bits per heavy atom. The highest BCUT2D eigenvalue weighted by atomic mass is 79.9. The molecule has 1 heterocycles. The minimum absolute atomic E-state index is 0.120. The van der Waals surface area contributed by atoms with Gasteiger partial charge < -0.3 is 5.32 Å². The summed E-state index contributed by atoms with van der Waals surface area (Å²) in [5, 5.41) is 3.26. The Bertz CT molecular complexity index is 578. The van der Waals surface area contributed by atoms with E-state index >= 15 is 0 Å². The number of piperidine rings is 1. The number of aryl methyl sites for hydroxylation is 1. The largest absolute Gasteiger partial charge is 0.316 e. The lowest BCUT2D eigenvalue weighted by Gasteiger charge is -2.11. The molecule has 0 bridgehead atoms. The van der Waals surface area contributed by atoms with Crippen molar-refractivity contribution in [3.63, 3.8) is 0 Å². The predicted octanol–water partition coefficient (Wildman–Crippen LogP) is 1.25. The number of benzene rings is 1. The van der Waals surface area contributed by atoms with Crippen molar-refractivity contribution in [1.82, 2.24) is 10.0 Å². The first kappa shape index (κ1) is 12.6. The monoisotopic (exact) mass is 330 g/mol. The molecule has 6 heteroatoms. The maximum absolute atomic E-state index is 12.3. The first-order chi connectivity index (χ1) is 8.49. The molecule has 3 rings (SSSR count). The van der Waals surface area contributed by atoms with Gasteiger partial charge in [-0.25, -0.2) is 13.1 Å². The molecule has 1 saturated heterocycles. The van der Waals surface area contributed by atoms with Gasteiger partial charge in [-0.05, 0) is 49.5 Å². The first-order valence-corrected chi connectivity index (χ1v) is 8.26. The average Bonchev–Trinajstić information content (AvgIpc) is 2.77. The topological polar surface area (TPSA) is 58.2 Å². The molecule has 18 heavy (non-hydrogen) atoms. The molecule has 0 radical (unpaired) electrons. The van der Waals surface area contributed by atoms with Crippen LogP contribution in [0.3, 0.4) is 0 Å². The summed E-state index contributed by atoms with van der Waals surface area (Å²) in [6.45, 7) is 3.67. The molecular weight excluding hydrogens is 316 g/mol. The Labute approximate surface area is 115 Å². The Hall–Kier alpha value is -0.430. The Kier molecular flexibility index (Phi) is 3.01. The van der Waals surface area contributed by atoms with Gasteiger partial charge >= 0.3 is 0 Å². The van der Waals surface area contributed by atoms with E-state index in [4.69, 9.17) is 0 Å². The zero-order valence-corrected chi connectivity index (χ0v) is 12.4. The fourth-order valence-corrected chi connectivity index (χ4v) is 4.82. The molecule has 1 aliphatic carbocycles. The van der Waals surface area contributed by atoms with Gasteiger partial charge in [0.2, 0.25) is 10.0 Å². The van der Waals surface area contributed by atoms with Crippen LogP contribution < -0.4 is 10.0 Å². The van der Waals surface area contributed by atoms with Crippen LogP contribution in [0.1, 0.15) is 5.56 Å². The first-order valence-electron chi connectivity index (χ1n) is 5.98. The zero-order chi connectivity index (χ0) is 12.9. The summed E-state index contributed by atoms with van der Waals surface area (Å²) < 4.78 is 28.3. The van der Waals surface area contributed by atoms with Crippen LogP contribution in [0.25, 0.3) is 0 Å². The minimum atomic E-state index is -3.40. The normalized spacial score (nSPS) is 30.2. The van der Waals surface area contributed by atoms with Gasteiger partial charge in [-0.2, -0.15) is 0 Å². The number of sulfonamides is 1. The third-order valence-electron chi connectivity index (χ3n) is 3.82. The van der Waals surface area contributed by atoms with Crippen molar-refractivity contribution in [1.29, 1.82) is 0 Å². The van der Waals surface area contributed by atoms with E-state index in [2.05, 4.69) is 26.0 Å². The molecular formula is C12H15BrN2O2S. The van der Waals surface area contributed by atoms with Gasteiger partial charge in [-0.3, -0.25) is 0 Å². The fourth-order valence-electron chi connectivity index (χ4n) is 2.70. The summed E-state index contributed by atoms with van der Waals surface area (Å²) in [7, 11) is -3.40. The van der Waals surface area contributed by atoms with Crippen molar-refractivity contribution in [3.8, 4) is 0 Å². The van der Waals surface area contributed by atoms with Crippen molar-refractivity contribution >= 4 is 26.0 Å². The standard InChI is InChI=1S/C12H15BrN2O2S/c1-7-2-3-8(13)4-11(7)18(16,17)15-12-9-5-14-6-10(9)12/h2-4,9-10,12,14-15H,5-6H2,1H3. The van der Waals surface area contributed by atoms with Crippen LogP contribution in [0.2, 0.25) is 0 Å². The molecule has 1 saturated carbocycles. The van der Waals surface area contributed by atoms with Crippen molar-refractivity contribution in [3.05, 3.63) is 28.2 Å². The number of hydrogen-bond acceptors (Lipinski definition) is 3. The average molecular weight is 331 g/mol. The molecule has 98 valence electrons. The number of halogens is 1. The zero-order valence-electron chi connectivity index (χ0n) is 9.98. The predicted molar refractivity (Wildman–Crippen MR) is 72.8 cm³/mol. The lowest BCUT2D eigenvalue weighted by Crippen LogP contribution is -2.32. The van der Waals surface area contributed by atoms with Crippen LogP contribution >= 0.6 is 15.9 Å². The van der Waals surface area contributed by atoms with Crippen molar-refractivity contribution in [2.24, 2.45) is 11.8 Å². The minimum Gasteiger partial charge on any atom is -0.316 e. The number of nitrogens with one attached hydrogen (secondary N) is 2. The second-order valence-corrected chi connectivity index (χ2v) is 7.64. The van der Waals surface area contributed by atoms with E-state index in [-0.39, 0.29) is 6.04 Å². The summed E-state index contributed by atoms with van der Waals surface area (Å²) >= 11 is 3.32. The molecule has 2 unspecified atom stereocenters. The van der Waals surface area contributed by atoms with Crippen LogP contribution in [-0.4, -0.2) is 27.5 Å². The quantitative estimate of drug-likeness (QED) is 0.877. The molecule has 1 aromatic carbocycles. The van der Waals surface area contributed by atoms with E-state index in [0.717, 1.165) is 23.1 Å². The molecule has 1 aliphatic heterocycles. The molecule has 2 N–H and O–H groups in total. The third-order valence-corrected chi connectivity index (χ3v) is 5.92. The van der Waals surface area contributed by atoms with Gasteiger partial charge in [-0.1, -0.05) is 22.0 Å². The van der Waals surface area contributed by atoms with Crippen molar-refractivity contribution in [2.45, 2.75) is 17.9 Å². The highest BCUT2D eigenvalue weighted by Gasteiger charge is 2.54. The van der Waals surface area contributed by atoms with Gasteiger partial charge in [0.15, 0.2) is 0 Å². The molecule has 2 fully saturated rings. The Morgan fingerprint density at radius 3 is 2.67 bits per heavy atom. The van der Waals surface area contributed by atoms with Gasteiger partial charge in [0.25, 0.3) is 0 Å². The van der Waals surface area contributed by atoms with E-state index < -0.39 is 10.0 Å². The molecule has 2 aliphatic rings. The maximum atomic E-state index is 12.3. The summed E-state index contributed by atoms with van der Waals surface area (Å²) in [5.74, 6) is 0.958. The highest BCUT2D eigenvalue weighted by molar-refractivity contribution is 9.10. The van der Waals surface area contributed by atoms with Gasteiger partial charge in [0, 0.05) is 10.5 Å². The van der Waals surface area contributed by atoms with Crippen LogP contribution in [0.15, 0.2) is 27.6 Å². The number of hydrogen-bond donors (Lipinski definition) is 2. The molecule has 4 nitrogen and oxygen atoms in total. The van der Waals surface area contributed by atoms with E-state index in [0.29, 0.717) is 16.7 Å². The molecule has 0 spiro atoms. The van der Waals surface area contributed by atoms with Crippen molar-refractivity contribution in [2.75, 3.05) is 13.1 Å². The Balaban J connectivity index is 1.84. The van der Waals surface area contributed by atoms with Gasteiger partial charge in [0.1, 0.15) is 0 Å². The third kappa shape index (κ3) is 2.11. The summed E-state index contributed by atoms with van der Waals surface area (Å²) in [4.78, 5) is 0.370. The summed E-state index contributed by atoms with van der Waals surface area (Å²) in [5.41, 5.74) is 0.773. The fraction of sp³-hybridized carbons (Fsp3) is 0.500. The van der Waals surface area contributed by atoms with E-state index in [1.807, 2.05) is 19.1 Å². The van der Waals surface area contributed by atoms with Crippen LogP contribution in [0, 0.1) is 18.8 Å². The molecule has 1 aromatic rings. The lowest BCUT2D eigenvalue weighted by molar-refractivity contribution is 0.564. The van der Waals surface area contributed by atoms with E-state index in [1.165, 1.54) is 0 Å². The van der Waals surface area contributed by atoms with Gasteiger partial charge in [-0.15, -0.1) is 0 Å². The maximum Gasteiger partial charge on any atom is 0.241 e. The number of rotatable bonds is 3. The second kappa shape index (κ2) is 4.30. The van der Waals surface area contributed by atoms with Crippen LogP contribution in [-0.2, 0) is 10.0 Å². The molecule has 0 amide bonds. The van der Waals surface area contributed by atoms with Crippen LogP contribution in [0.4, 0.5) is 0 Å². The highest BCUT2D eigenvalue weighted by Crippen LogP contribution is 2.42. The molecule has 2 atom stereocenters. The van der Waals surface area contributed by atoms with Crippen LogP contribution in [0.5, 0.6) is 0 Å². The lowest BCUT2D eigenvalue weighted by atomic mass is 10.2. The summed E-state index contributed by atoms with van der Waals surface area (Å²) in [6.07, 6.45) is 0. The number of fused-ring (bicyclic) bond motifs is 1. The molecule has 0 aromatic heterocycles. The van der Waals surface area contributed by atoms with Crippen molar-refractivity contribution < 1.29 is 8.42 Å². The van der Waals surface area contributed by atoms with E-state index in [9.17, 15) is 8.42 Å². The van der Waals surface area contributed by atoms with Gasteiger partial charge in [0.05, 0.1) is 4.90 Å². The summed E-state index contributed by atoms with van der Waals surface area (Å²) in [6, 6.07) is 5.45.